The fourth-order valence-electron chi connectivity index (χ4n) is 3.04. The minimum atomic E-state index is -0.171. The van der Waals surface area contributed by atoms with Crippen molar-refractivity contribution in [3.8, 4) is 0 Å². The van der Waals surface area contributed by atoms with Gasteiger partial charge < -0.3 is 5.32 Å². The van der Waals surface area contributed by atoms with Crippen molar-refractivity contribution in [2.45, 2.75) is 38.3 Å². The molecule has 0 saturated carbocycles. The van der Waals surface area contributed by atoms with Crippen LogP contribution in [0.15, 0.2) is 65.7 Å². The van der Waals surface area contributed by atoms with Gasteiger partial charge in [0.15, 0.2) is 5.78 Å². The highest BCUT2D eigenvalue weighted by molar-refractivity contribution is 6.41. The number of carbonyl (C=O) groups is 1. The summed E-state index contributed by atoms with van der Waals surface area (Å²) < 4.78 is 0. The number of rotatable bonds is 5. The standard InChI is InChI=1S/C20H22N2O/c1-15-20(23)19(22-17-10-6-3-7-11-17)14-18(21-15)13-12-16-8-4-2-5-9-16/h2-11,18-19,22H,12-14H2,1H3. The second kappa shape index (κ2) is 7.23. The number of aryl methyl sites for hydroxylation is 1. The highest BCUT2D eigenvalue weighted by Gasteiger charge is 2.29. The number of aliphatic imine (C=N–C) groups is 1. The van der Waals surface area contributed by atoms with E-state index in [1.54, 1.807) is 0 Å². The molecule has 0 saturated heterocycles. The first-order valence-corrected chi connectivity index (χ1v) is 8.16. The summed E-state index contributed by atoms with van der Waals surface area (Å²) in [4.78, 5) is 17.0. The Hall–Kier alpha value is -2.42. The van der Waals surface area contributed by atoms with Crippen molar-refractivity contribution in [1.82, 2.24) is 0 Å². The van der Waals surface area contributed by atoms with Gasteiger partial charge in [-0.25, -0.2) is 0 Å². The molecule has 0 fully saturated rings. The Bertz CT molecular complexity index is 679. The first kappa shape index (κ1) is 15.5. The zero-order valence-corrected chi connectivity index (χ0v) is 13.4. The molecule has 2 atom stereocenters. The summed E-state index contributed by atoms with van der Waals surface area (Å²) in [7, 11) is 0. The van der Waals surface area contributed by atoms with Crippen LogP contribution in [0.4, 0.5) is 5.69 Å². The molecule has 2 aromatic rings. The van der Waals surface area contributed by atoms with Gasteiger partial charge in [0.1, 0.15) is 0 Å². The van der Waals surface area contributed by atoms with Gasteiger partial charge in [-0.05, 0) is 43.9 Å². The summed E-state index contributed by atoms with van der Waals surface area (Å²) in [5, 5.41) is 3.36. The summed E-state index contributed by atoms with van der Waals surface area (Å²) >= 11 is 0. The lowest BCUT2D eigenvalue weighted by molar-refractivity contribution is -0.114. The molecule has 0 radical (unpaired) electrons. The van der Waals surface area contributed by atoms with Crippen LogP contribution in [0.2, 0.25) is 0 Å². The predicted octanol–water partition coefficient (Wildman–Crippen LogP) is 3.90. The van der Waals surface area contributed by atoms with E-state index in [-0.39, 0.29) is 17.9 Å². The second-order valence-electron chi connectivity index (χ2n) is 6.06. The number of nitrogens with one attached hydrogen (secondary N) is 1. The average molecular weight is 306 g/mol. The summed E-state index contributed by atoms with van der Waals surface area (Å²) in [5.41, 5.74) is 2.95. The Morgan fingerprint density at radius 1 is 1.04 bits per heavy atom. The topological polar surface area (TPSA) is 41.5 Å². The quantitative estimate of drug-likeness (QED) is 0.910. The fraction of sp³-hybridized carbons (Fsp3) is 0.300. The van der Waals surface area contributed by atoms with Gasteiger partial charge in [0.25, 0.3) is 0 Å². The van der Waals surface area contributed by atoms with Crippen LogP contribution in [-0.4, -0.2) is 23.6 Å². The van der Waals surface area contributed by atoms with E-state index in [1.165, 1.54) is 5.56 Å². The summed E-state index contributed by atoms with van der Waals surface area (Å²) in [6.45, 7) is 1.83. The van der Waals surface area contributed by atoms with Crippen molar-refractivity contribution in [1.29, 1.82) is 0 Å². The van der Waals surface area contributed by atoms with Crippen molar-refractivity contribution < 1.29 is 4.79 Å². The van der Waals surface area contributed by atoms with Crippen molar-refractivity contribution in [2.75, 3.05) is 5.32 Å². The van der Waals surface area contributed by atoms with Crippen LogP contribution < -0.4 is 5.32 Å². The van der Waals surface area contributed by atoms with Crippen LogP contribution in [-0.2, 0) is 11.2 Å². The van der Waals surface area contributed by atoms with Gasteiger partial charge in [0, 0.05) is 5.69 Å². The van der Waals surface area contributed by atoms with Crippen LogP contribution in [0.1, 0.15) is 25.3 Å². The molecular formula is C20H22N2O. The van der Waals surface area contributed by atoms with Crippen LogP contribution in [0.3, 0.4) is 0 Å². The SMILES string of the molecule is CC1=NC(CCc2ccccc2)CC(Nc2ccccc2)C1=O. The zero-order valence-electron chi connectivity index (χ0n) is 13.4. The number of hydrogen-bond acceptors (Lipinski definition) is 3. The molecule has 0 bridgehead atoms. The number of carbonyl (C=O) groups excluding carboxylic acids is 1. The third-order valence-electron chi connectivity index (χ3n) is 4.28. The molecule has 0 aromatic heterocycles. The van der Waals surface area contributed by atoms with Crippen LogP contribution in [0.25, 0.3) is 0 Å². The summed E-state index contributed by atoms with van der Waals surface area (Å²) in [6.07, 6.45) is 2.73. The van der Waals surface area contributed by atoms with Gasteiger partial charge in [-0.3, -0.25) is 9.79 Å². The number of benzene rings is 2. The van der Waals surface area contributed by atoms with Crippen molar-refractivity contribution >= 4 is 17.2 Å². The maximum absolute atomic E-state index is 12.4. The molecule has 118 valence electrons. The Morgan fingerprint density at radius 3 is 2.39 bits per heavy atom. The highest BCUT2D eigenvalue weighted by atomic mass is 16.1. The maximum Gasteiger partial charge on any atom is 0.198 e. The lowest BCUT2D eigenvalue weighted by Gasteiger charge is -2.27. The lowest BCUT2D eigenvalue weighted by Crippen LogP contribution is -2.41. The Morgan fingerprint density at radius 2 is 1.70 bits per heavy atom. The molecule has 1 N–H and O–H groups in total. The maximum atomic E-state index is 12.4. The van der Waals surface area contributed by atoms with E-state index in [1.807, 2.05) is 43.3 Å². The van der Waals surface area contributed by atoms with Gasteiger partial charge in [0.2, 0.25) is 0 Å². The minimum Gasteiger partial charge on any atom is -0.375 e. The smallest absolute Gasteiger partial charge is 0.198 e. The van der Waals surface area contributed by atoms with Gasteiger partial charge >= 0.3 is 0 Å². The van der Waals surface area contributed by atoms with Crippen molar-refractivity contribution in [2.24, 2.45) is 4.99 Å². The van der Waals surface area contributed by atoms with Crippen LogP contribution in [0, 0.1) is 0 Å². The molecular weight excluding hydrogens is 284 g/mol. The van der Waals surface area contributed by atoms with Gasteiger partial charge in [-0.15, -0.1) is 0 Å². The van der Waals surface area contributed by atoms with E-state index in [2.05, 4.69) is 34.6 Å². The number of hydrogen-bond donors (Lipinski definition) is 1. The molecule has 3 nitrogen and oxygen atoms in total. The minimum absolute atomic E-state index is 0.116. The van der Waals surface area contributed by atoms with E-state index in [9.17, 15) is 4.79 Å². The second-order valence-corrected chi connectivity index (χ2v) is 6.06. The van der Waals surface area contributed by atoms with E-state index in [0.29, 0.717) is 5.71 Å². The normalized spacial score (nSPS) is 20.9. The summed E-state index contributed by atoms with van der Waals surface area (Å²) in [5.74, 6) is 0.116. The fourth-order valence-corrected chi connectivity index (χ4v) is 3.04. The molecule has 2 aromatic carbocycles. The third kappa shape index (κ3) is 4.07. The molecule has 2 unspecified atom stereocenters. The molecule has 3 heteroatoms. The van der Waals surface area contributed by atoms with Crippen LogP contribution >= 0.6 is 0 Å². The molecule has 3 rings (SSSR count). The largest absolute Gasteiger partial charge is 0.375 e. The molecule has 0 aliphatic carbocycles. The predicted molar refractivity (Wildman–Crippen MR) is 95.1 cm³/mol. The third-order valence-corrected chi connectivity index (χ3v) is 4.28. The molecule has 23 heavy (non-hydrogen) atoms. The molecule has 1 heterocycles. The molecule has 1 aliphatic rings. The van der Waals surface area contributed by atoms with Gasteiger partial charge in [-0.2, -0.15) is 0 Å². The Balaban J connectivity index is 1.64. The molecule has 1 aliphatic heterocycles. The van der Waals surface area contributed by atoms with Crippen molar-refractivity contribution in [3.63, 3.8) is 0 Å². The summed E-state index contributed by atoms with van der Waals surface area (Å²) in [6, 6.07) is 20.4. The van der Waals surface area contributed by atoms with Crippen molar-refractivity contribution in [3.05, 3.63) is 66.2 Å². The highest BCUT2D eigenvalue weighted by Crippen LogP contribution is 2.20. The lowest BCUT2D eigenvalue weighted by atomic mass is 9.92. The Kier molecular flexibility index (Phi) is 4.86. The van der Waals surface area contributed by atoms with Crippen LogP contribution in [0.5, 0.6) is 0 Å². The molecule has 0 spiro atoms. The number of ketones is 1. The number of anilines is 1. The van der Waals surface area contributed by atoms with Gasteiger partial charge in [0.05, 0.1) is 17.8 Å². The average Bonchev–Trinajstić information content (AvgIpc) is 2.59. The Labute approximate surface area is 137 Å². The monoisotopic (exact) mass is 306 g/mol. The number of nitrogens with zero attached hydrogens (tertiary/aromatic N) is 1. The first-order chi connectivity index (χ1) is 11.2. The van der Waals surface area contributed by atoms with E-state index in [0.717, 1.165) is 24.9 Å². The first-order valence-electron chi connectivity index (χ1n) is 8.16. The zero-order chi connectivity index (χ0) is 16.1. The number of Topliss-reactive ketones (excluding diaryl/α,β-unsaturated/α-hetero) is 1. The van der Waals surface area contributed by atoms with Gasteiger partial charge in [-0.1, -0.05) is 48.5 Å². The van der Waals surface area contributed by atoms with E-state index < -0.39 is 0 Å². The van der Waals surface area contributed by atoms with E-state index >= 15 is 0 Å². The van der Waals surface area contributed by atoms with E-state index in [4.69, 9.17) is 0 Å². The number of para-hydroxylation sites is 1. The molecule has 0 amide bonds.